The van der Waals surface area contributed by atoms with E-state index in [-0.39, 0.29) is 11.9 Å². The van der Waals surface area contributed by atoms with Crippen molar-refractivity contribution in [2.45, 2.75) is 38.3 Å². The quantitative estimate of drug-likeness (QED) is 0.356. The molecule has 0 aliphatic heterocycles. The van der Waals surface area contributed by atoms with Gasteiger partial charge in [0, 0.05) is 24.0 Å². The van der Waals surface area contributed by atoms with E-state index in [4.69, 9.17) is 0 Å². The van der Waals surface area contributed by atoms with Crippen molar-refractivity contribution in [3.8, 4) is 5.69 Å². The van der Waals surface area contributed by atoms with E-state index in [9.17, 15) is 17.6 Å². The van der Waals surface area contributed by atoms with Gasteiger partial charge in [0.2, 0.25) is 5.95 Å². The maximum absolute atomic E-state index is 14.7. The Bertz CT molecular complexity index is 1350. The van der Waals surface area contributed by atoms with Crippen LogP contribution >= 0.6 is 0 Å². The zero-order valence-corrected chi connectivity index (χ0v) is 18.3. The summed E-state index contributed by atoms with van der Waals surface area (Å²) in [7, 11) is 0. The van der Waals surface area contributed by atoms with Crippen LogP contribution in [0.5, 0.6) is 0 Å². The molecule has 0 saturated heterocycles. The lowest BCUT2D eigenvalue weighted by atomic mass is 9.82. The summed E-state index contributed by atoms with van der Waals surface area (Å²) in [5.41, 5.74) is 3.12. The van der Waals surface area contributed by atoms with Crippen LogP contribution in [0.1, 0.15) is 46.8 Å². The van der Waals surface area contributed by atoms with Crippen LogP contribution in [0.2, 0.25) is 0 Å². The van der Waals surface area contributed by atoms with Crippen molar-refractivity contribution in [2.75, 3.05) is 5.32 Å². The number of halogens is 4. The van der Waals surface area contributed by atoms with Crippen LogP contribution in [0.4, 0.5) is 29.2 Å². The first-order valence-corrected chi connectivity index (χ1v) is 10.9. The molecule has 34 heavy (non-hydrogen) atoms. The van der Waals surface area contributed by atoms with Gasteiger partial charge in [-0.2, -0.15) is 13.2 Å². The van der Waals surface area contributed by atoms with E-state index in [0.29, 0.717) is 29.1 Å². The third-order valence-electron chi connectivity index (χ3n) is 5.98. The van der Waals surface area contributed by atoms with E-state index in [1.165, 1.54) is 18.2 Å². The number of alkyl halides is 3. The van der Waals surface area contributed by atoms with E-state index < -0.39 is 17.6 Å². The Morgan fingerprint density at radius 2 is 1.94 bits per heavy atom. The molecule has 0 saturated carbocycles. The fourth-order valence-electron chi connectivity index (χ4n) is 4.34. The second kappa shape index (κ2) is 8.55. The van der Waals surface area contributed by atoms with Crippen molar-refractivity contribution in [3.05, 3.63) is 95.1 Å². The molecular formula is C25H21F4N5. The molecule has 2 aromatic carbocycles. The average Bonchev–Trinajstić information content (AvgIpc) is 3.24. The molecule has 1 aliphatic rings. The zero-order valence-electron chi connectivity index (χ0n) is 18.3. The largest absolute Gasteiger partial charge is 0.416 e. The Hall–Kier alpha value is -3.75. The lowest BCUT2D eigenvalue weighted by Crippen LogP contribution is -2.16. The van der Waals surface area contributed by atoms with Crippen molar-refractivity contribution in [2.24, 2.45) is 0 Å². The van der Waals surface area contributed by atoms with E-state index >= 15 is 0 Å². The van der Waals surface area contributed by atoms with Crippen LogP contribution < -0.4 is 5.32 Å². The number of rotatable bonds is 4. The molecule has 2 aromatic heterocycles. The van der Waals surface area contributed by atoms with Gasteiger partial charge in [0.15, 0.2) is 0 Å². The molecule has 0 radical (unpaired) electrons. The minimum atomic E-state index is -4.41. The predicted molar refractivity (Wildman–Crippen MR) is 120 cm³/mol. The van der Waals surface area contributed by atoms with Crippen LogP contribution in [-0.4, -0.2) is 19.5 Å². The molecule has 5 rings (SSSR count). The highest BCUT2D eigenvalue weighted by atomic mass is 19.4. The topological polar surface area (TPSA) is 55.6 Å². The van der Waals surface area contributed by atoms with Gasteiger partial charge in [-0.05, 0) is 61.6 Å². The van der Waals surface area contributed by atoms with Gasteiger partial charge in [-0.25, -0.2) is 19.3 Å². The number of hydrogen-bond donors (Lipinski definition) is 1. The fourth-order valence-corrected chi connectivity index (χ4v) is 4.34. The number of aromatic nitrogens is 4. The molecule has 1 aliphatic carbocycles. The minimum absolute atomic E-state index is 0.266. The van der Waals surface area contributed by atoms with Gasteiger partial charge in [-0.15, -0.1) is 0 Å². The highest BCUT2D eigenvalue weighted by Crippen LogP contribution is 2.38. The summed E-state index contributed by atoms with van der Waals surface area (Å²) < 4.78 is 56.0. The maximum Gasteiger partial charge on any atom is 0.416 e. The van der Waals surface area contributed by atoms with Gasteiger partial charge in [-0.3, -0.25) is 0 Å². The third-order valence-corrected chi connectivity index (χ3v) is 5.98. The summed E-state index contributed by atoms with van der Waals surface area (Å²) in [6.45, 7) is 1.82. The second-order valence-corrected chi connectivity index (χ2v) is 8.39. The van der Waals surface area contributed by atoms with Crippen molar-refractivity contribution in [1.29, 1.82) is 0 Å². The summed E-state index contributed by atoms with van der Waals surface area (Å²) in [4.78, 5) is 13.1. The van der Waals surface area contributed by atoms with E-state index in [1.807, 2.05) is 6.92 Å². The van der Waals surface area contributed by atoms with Gasteiger partial charge in [0.25, 0.3) is 0 Å². The number of nitrogens with zero attached hydrogens (tertiary/aromatic N) is 4. The number of aryl methyl sites for hydroxylation is 2. The number of hydrogen-bond acceptors (Lipinski definition) is 4. The molecule has 1 unspecified atom stereocenters. The summed E-state index contributed by atoms with van der Waals surface area (Å²) in [6.07, 6.45) is 2.86. The highest BCUT2D eigenvalue weighted by Gasteiger charge is 2.32. The molecule has 9 heteroatoms. The number of anilines is 2. The van der Waals surface area contributed by atoms with Gasteiger partial charge in [-0.1, -0.05) is 18.2 Å². The molecule has 174 valence electrons. The smallest absolute Gasteiger partial charge is 0.324 e. The molecule has 0 fully saturated rings. The SMILES string of the molecule is Cc1cn(-c2ccc(Nc3ncc4c(n3)C(c3cccc(C(F)(F)F)c3)CCC4)cc2F)cn1. The third kappa shape index (κ3) is 4.37. The highest BCUT2D eigenvalue weighted by molar-refractivity contribution is 5.57. The normalized spacial score (nSPS) is 15.7. The van der Waals surface area contributed by atoms with Crippen LogP contribution in [0, 0.1) is 12.7 Å². The van der Waals surface area contributed by atoms with E-state index in [0.717, 1.165) is 30.2 Å². The molecule has 0 spiro atoms. The van der Waals surface area contributed by atoms with Crippen LogP contribution in [-0.2, 0) is 12.6 Å². The maximum atomic E-state index is 14.7. The van der Waals surface area contributed by atoms with Crippen molar-refractivity contribution in [1.82, 2.24) is 19.5 Å². The standard InChI is InChI=1S/C25H21F4N5/c1-15-13-34(14-31-15)22-9-8-19(11-21(22)26)32-24-30-12-17-5-3-7-20(23(17)33-24)16-4-2-6-18(10-16)25(27,28)29/h2,4,6,8-14,20H,3,5,7H2,1H3,(H,30,32,33). The molecule has 1 atom stereocenters. The van der Waals surface area contributed by atoms with E-state index in [2.05, 4.69) is 20.3 Å². The summed E-state index contributed by atoms with van der Waals surface area (Å²) in [5, 5.41) is 3.02. The second-order valence-electron chi connectivity index (χ2n) is 8.39. The van der Waals surface area contributed by atoms with Crippen molar-refractivity contribution in [3.63, 3.8) is 0 Å². The van der Waals surface area contributed by atoms with Gasteiger partial charge in [0.05, 0.1) is 29.0 Å². The van der Waals surface area contributed by atoms with Crippen LogP contribution in [0.3, 0.4) is 0 Å². The number of nitrogens with one attached hydrogen (secondary N) is 1. The number of benzene rings is 2. The zero-order chi connectivity index (χ0) is 23.9. The first kappa shape index (κ1) is 22.1. The average molecular weight is 467 g/mol. The summed E-state index contributed by atoms with van der Waals surface area (Å²) in [5.74, 6) is -0.441. The predicted octanol–water partition coefficient (Wildman–Crippen LogP) is 6.34. The van der Waals surface area contributed by atoms with Crippen LogP contribution in [0.25, 0.3) is 5.69 Å². The minimum Gasteiger partial charge on any atom is -0.324 e. The lowest BCUT2D eigenvalue weighted by Gasteiger charge is -2.25. The molecular weight excluding hydrogens is 446 g/mol. The Balaban J connectivity index is 1.43. The van der Waals surface area contributed by atoms with Crippen molar-refractivity contribution < 1.29 is 17.6 Å². The fraction of sp³-hybridized carbons (Fsp3) is 0.240. The van der Waals surface area contributed by atoms with Gasteiger partial charge < -0.3 is 9.88 Å². The number of imidazole rings is 1. The Morgan fingerprint density at radius 1 is 1.09 bits per heavy atom. The molecule has 2 heterocycles. The van der Waals surface area contributed by atoms with Crippen LogP contribution in [0.15, 0.2) is 61.2 Å². The molecule has 4 aromatic rings. The first-order chi connectivity index (χ1) is 16.3. The first-order valence-electron chi connectivity index (χ1n) is 10.9. The monoisotopic (exact) mass is 467 g/mol. The molecule has 0 amide bonds. The molecule has 5 nitrogen and oxygen atoms in total. The summed E-state index contributed by atoms with van der Waals surface area (Å²) in [6, 6.07) is 10.1. The molecule has 0 bridgehead atoms. The Labute approximate surface area is 193 Å². The van der Waals surface area contributed by atoms with Crippen molar-refractivity contribution >= 4 is 11.6 Å². The summed E-state index contributed by atoms with van der Waals surface area (Å²) >= 11 is 0. The van der Waals surface area contributed by atoms with Gasteiger partial charge in [0.1, 0.15) is 5.82 Å². The Morgan fingerprint density at radius 3 is 2.68 bits per heavy atom. The van der Waals surface area contributed by atoms with E-state index in [1.54, 1.807) is 41.5 Å². The Kier molecular flexibility index (Phi) is 5.55. The van der Waals surface area contributed by atoms with Gasteiger partial charge >= 0.3 is 6.18 Å². The molecule has 1 N–H and O–H groups in total. The lowest BCUT2D eigenvalue weighted by molar-refractivity contribution is -0.137. The number of fused-ring (bicyclic) bond motifs is 1.